The van der Waals surface area contributed by atoms with E-state index in [0.717, 1.165) is 50.4 Å². The van der Waals surface area contributed by atoms with Gasteiger partial charge in [0.2, 0.25) is 0 Å². The van der Waals surface area contributed by atoms with Gasteiger partial charge in [0.25, 0.3) is 0 Å². The summed E-state index contributed by atoms with van der Waals surface area (Å²) in [6.45, 7) is 9.53. The molecule has 0 N–H and O–H groups in total. The van der Waals surface area contributed by atoms with Gasteiger partial charge in [0.05, 0.1) is 4.99 Å². The zero-order valence-corrected chi connectivity index (χ0v) is 14.4. The van der Waals surface area contributed by atoms with Crippen molar-refractivity contribution < 1.29 is 9.53 Å². The number of likely N-dealkylation sites (tertiary alicyclic amines) is 2. The molecule has 0 spiro atoms. The van der Waals surface area contributed by atoms with E-state index in [1.165, 1.54) is 12.8 Å². The summed E-state index contributed by atoms with van der Waals surface area (Å²) < 4.78 is 5.44. The minimum Gasteiger partial charge on any atom is -0.444 e. The Hall–Kier alpha value is -0.840. The van der Waals surface area contributed by atoms with E-state index in [4.69, 9.17) is 17.0 Å². The van der Waals surface area contributed by atoms with E-state index in [1.54, 1.807) is 0 Å². The van der Waals surface area contributed by atoms with Crippen molar-refractivity contribution in [1.82, 2.24) is 9.80 Å². The van der Waals surface area contributed by atoms with Gasteiger partial charge in [-0.1, -0.05) is 12.2 Å². The summed E-state index contributed by atoms with van der Waals surface area (Å²) in [4.78, 5) is 17.4. The van der Waals surface area contributed by atoms with Crippen LogP contribution in [0, 0.1) is 5.92 Å². The molecule has 0 aromatic carbocycles. The molecular weight excluding hydrogens is 284 g/mol. The highest BCUT2D eigenvalue weighted by molar-refractivity contribution is 7.80. The average Bonchev–Trinajstić information content (AvgIpc) is 2.40. The Bertz CT molecular complexity index is 384. The van der Waals surface area contributed by atoms with Crippen molar-refractivity contribution in [2.45, 2.75) is 58.5 Å². The molecule has 0 unspecified atom stereocenters. The van der Waals surface area contributed by atoms with Gasteiger partial charge in [0.1, 0.15) is 5.60 Å². The predicted molar refractivity (Wildman–Crippen MR) is 88.6 cm³/mol. The summed E-state index contributed by atoms with van der Waals surface area (Å²) in [6.07, 6.45) is 5.51. The molecule has 1 amide bonds. The molecule has 4 nitrogen and oxygen atoms in total. The van der Waals surface area contributed by atoms with Gasteiger partial charge in [-0.3, -0.25) is 0 Å². The van der Waals surface area contributed by atoms with Crippen molar-refractivity contribution in [3.05, 3.63) is 0 Å². The predicted octanol–water partition coefficient (Wildman–Crippen LogP) is 3.45. The van der Waals surface area contributed by atoms with Crippen LogP contribution in [0.3, 0.4) is 0 Å². The Morgan fingerprint density at radius 3 is 2.48 bits per heavy atom. The second kappa shape index (κ2) is 6.95. The normalized spacial score (nSPS) is 21.6. The summed E-state index contributed by atoms with van der Waals surface area (Å²) in [7, 11) is 0. The molecule has 0 radical (unpaired) electrons. The number of hydrogen-bond donors (Lipinski definition) is 0. The van der Waals surface area contributed by atoms with Crippen molar-refractivity contribution in [2.24, 2.45) is 5.92 Å². The maximum Gasteiger partial charge on any atom is 0.410 e. The van der Waals surface area contributed by atoms with Crippen LogP contribution in [0.5, 0.6) is 0 Å². The smallest absolute Gasteiger partial charge is 0.410 e. The zero-order valence-electron chi connectivity index (χ0n) is 13.6. The SMILES string of the molecule is CC(C)(C)OC(=O)N1CCC(CN2CCCCC2=S)CC1. The topological polar surface area (TPSA) is 32.8 Å². The molecule has 0 aromatic rings. The van der Waals surface area contributed by atoms with E-state index in [9.17, 15) is 4.79 Å². The molecule has 0 saturated carbocycles. The lowest BCUT2D eigenvalue weighted by atomic mass is 9.95. The van der Waals surface area contributed by atoms with Gasteiger partial charge in [-0.05, 0) is 58.8 Å². The molecule has 2 rings (SSSR count). The molecule has 120 valence electrons. The third kappa shape index (κ3) is 5.13. The first-order valence-electron chi connectivity index (χ1n) is 8.11. The molecule has 0 aromatic heterocycles. The van der Waals surface area contributed by atoms with Gasteiger partial charge in [-0.25, -0.2) is 4.79 Å². The van der Waals surface area contributed by atoms with Gasteiger partial charge in [0, 0.05) is 26.2 Å². The van der Waals surface area contributed by atoms with Crippen LogP contribution < -0.4 is 0 Å². The van der Waals surface area contributed by atoms with Crippen LogP contribution in [0.2, 0.25) is 0 Å². The van der Waals surface area contributed by atoms with Crippen LogP contribution in [-0.2, 0) is 4.74 Å². The van der Waals surface area contributed by atoms with Crippen molar-refractivity contribution in [1.29, 1.82) is 0 Å². The Morgan fingerprint density at radius 1 is 1.24 bits per heavy atom. The molecule has 0 atom stereocenters. The molecular formula is C16H28N2O2S. The number of piperidine rings is 2. The first kappa shape index (κ1) is 16.5. The Kier molecular flexibility index (Phi) is 5.47. The van der Waals surface area contributed by atoms with E-state index < -0.39 is 5.60 Å². The summed E-state index contributed by atoms with van der Waals surface area (Å²) in [5.41, 5.74) is -0.409. The molecule has 2 saturated heterocycles. The molecule has 2 fully saturated rings. The molecule has 0 aliphatic carbocycles. The van der Waals surface area contributed by atoms with Crippen molar-refractivity contribution in [2.75, 3.05) is 26.2 Å². The molecule has 21 heavy (non-hydrogen) atoms. The van der Waals surface area contributed by atoms with Gasteiger partial charge >= 0.3 is 6.09 Å². The second-order valence-corrected chi connectivity index (χ2v) is 7.68. The molecule has 2 aliphatic heterocycles. The summed E-state index contributed by atoms with van der Waals surface area (Å²) in [6, 6.07) is 0. The number of carbonyl (C=O) groups excluding carboxylic acids is 1. The number of hydrogen-bond acceptors (Lipinski definition) is 3. The quantitative estimate of drug-likeness (QED) is 0.731. The van der Waals surface area contributed by atoms with Gasteiger partial charge in [-0.2, -0.15) is 0 Å². The average molecular weight is 312 g/mol. The Morgan fingerprint density at radius 2 is 1.90 bits per heavy atom. The van der Waals surface area contributed by atoms with Crippen LogP contribution in [0.15, 0.2) is 0 Å². The minimum atomic E-state index is -0.409. The van der Waals surface area contributed by atoms with E-state index in [2.05, 4.69) is 4.90 Å². The largest absolute Gasteiger partial charge is 0.444 e. The molecule has 0 bridgehead atoms. The summed E-state index contributed by atoms with van der Waals surface area (Å²) in [5, 5.41) is 0. The lowest BCUT2D eigenvalue weighted by molar-refractivity contribution is 0.0176. The first-order valence-corrected chi connectivity index (χ1v) is 8.52. The number of ether oxygens (including phenoxy) is 1. The zero-order chi connectivity index (χ0) is 15.5. The fraction of sp³-hybridized carbons (Fsp3) is 0.875. The van der Waals surface area contributed by atoms with Crippen LogP contribution >= 0.6 is 12.2 Å². The number of rotatable bonds is 2. The van der Waals surface area contributed by atoms with Crippen LogP contribution in [0.4, 0.5) is 4.79 Å². The van der Waals surface area contributed by atoms with E-state index in [0.29, 0.717) is 5.92 Å². The van der Waals surface area contributed by atoms with Gasteiger partial charge < -0.3 is 14.5 Å². The Labute approximate surface area is 133 Å². The van der Waals surface area contributed by atoms with Gasteiger partial charge in [0.15, 0.2) is 0 Å². The number of nitrogens with zero attached hydrogens (tertiary/aromatic N) is 2. The first-order chi connectivity index (χ1) is 9.85. The maximum atomic E-state index is 12.0. The lowest BCUT2D eigenvalue weighted by Gasteiger charge is -2.37. The van der Waals surface area contributed by atoms with E-state index >= 15 is 0 Å². The van der Waals surface area contributed by atoms with Crippen LogP contribution in [0.1, 0.15) is 52.9 Å². The third-order valence-electron chi connectivity index (χ3n) is 4.17. The number of thiocarbonyl (C=S) groups is 1. The van der Waals surface area contributed by atoms with Crippen LogP contribution in [-0.4, -0.2) is 52.7 Å². The fourth-order valence-electron chi connectivity index (χ4n) is 2.99. The highest BCUT2D eigenvalue weighted by Gasteiger charge is 2.28. The van der Waals surface area contributed by atoms with E-state index in [-0.39, 0.29) is 6.09 Å². The highest BCUT2D eigenvalue weighted by Crippen LogP contribution is 2.22. The maximum absolute atomic E-state index is 12.0. The standard InChI is InChI=1S/C16H28N2O2S/c1-16(2,3)20-15(19)17-10-7-13(8-11-17)12-18-9-5-4-6-14(18)21/h13H,4-12H2,1-3H3. The van der Waals surface area contributed by atoms with E-state index in [1.807, 2.05) is 25.7 Å². The lowest BCUT2D eigenvalue weighted by Crippen LogP contribution is -2.45. The van der Waals surface area contributed by atoms with Crippen molar-refractivity contribution >= 4 is 23.3 Å². The second-order valence-electron chi connectivity index (χ2n) is 7.21. The fourth-order valence-corrected chi connectivity index (χ4v) is 3.30. The summed E-state index contributed by atoms with van der Waals surface area (Å²) in [5.74, 6) is 0.653. The monoisotopic (exact) mass is 312 g/mol. The number of carbonyl (C=O) groups is 1. The van der Waals surface area contributed by atoms with Gasteiger partial charge in [-0.15, -0.1) is 0 Å². The number of amides is 1. The minimum absolute atomic E-state index is 0.172. The summed E-state index contributed by atoms with van der Waals surface area (Å²) >= 11 is 5.46. The molecule has 2 aliphatic rings. The van der Waals surface area contributed by atoms with Crippen LogP contribution in [0.25, 0.3) is 0 Å². The molecule has 5 heteroatoms. The van der Waals surface area contributed by atoms with Crippen molar-refractivity contribution in [3.8, 4) is 0 Å². The molecule has 2 heterocycles. The third-order valence-corrected chi connectivity index (χ3v) is 4.63. The van der Waals surface area contributed by atoms with Crippen molar-refractivity contribution in [3.63, 3.8) is 0 Å². The highest BCUT2D eigenvalue weighted by atomic mass is 32.1. The Balaban J connectivity index is 1.75.